The van der Waals surface area contributed by atoms with Crippen LogP contribution in [-0.4, -0.2) is 6.61 Å². The first-order valence-electron chi connectivity index (χ1n) is 7.02. The smallest absolute Gasteiger partial charge is 0.387 e. The monoisotopic (exact) mass is 289 g/mol. The fraction of sp³-hybridized carbons (Fsp3) is 0.294. The number of halogens is 2. The Hall–Kier alpha value is -1.94. The maximum atomic E-state index is 12.4. The van der Waals surface area contributed by atoms with Gasteiger partial charge >= 0.3 is 6.61 Å². The van der Waals surface area contributed by atoms with Gasteiger partial charge in [-0.15, -0.1) is 0 Å². The van der Waals surface area contributed by atoms with E-state index in [1.54, 1.807) is 18.2 Å². The Morgan fingerprint density at radius 3 is 2.57 bits per heavy atom. The normalized spacial score (nSPS) is 18.0. The summed E-state index contributed by atoms with van der Waals surface area (Å²) in [5.74, 6) is 0.573. The van der Waals surface area contributed by atoms with E-state index in [4.69, 9.17) is 5.73 Å². The van der Waals surface area contributed by atoms with Crippen LogP contribution in [0.3, 0.4) is 0 Å². The number of rotatable bonds is 5. The molecule has 2 atom stereocenters. The number of hydrogen-bond acceptors (Lipinski definition) is 2. The Labute approximate surface area is 122 Å². The molecule has 2 N–H and O–H groups in total. The lowest BCUT2D eigenvalue weighted by molar-refractivity contribution is -0.0506. The summed E-state index contributed by atoms with van der Waals surface area (Å²) in [6.07, 6.45) is 1.74. The van der Waals surface area contributed by atoms with Crippen molar-refractivity contribution in [2.75, 3.05) is 0 Å². The molecule has 0 spiro atoms. The van der Waals surface area contributed by atoms with Gasteiger partial charge in [0.15, 0.2) is 0 Å². The molecule has 1 aliphatic rings. The maximum absolute atomic E-state index is 12.4. The minimum absolute atomic E-state index is 0.174. The number of ether oxygens (including phenoxy) is 1. The van der Waals surface area contributed by atoms with Crippen molar-refractivity contribution in [3.05, 3.63) is 65.2 Å². The molecule has 0 heterocycles. The predicted molar refractivity (Wildman–Crippen MR) is 77.5 cm³/mol. The summed E-state index contributed by atoms with van der Waals surface area (Å²) < 4.78 is 29.4. The van der Waals surface area contributed by atoms with Crippen LogP contribution >= 0.6 is 0 Å². The first-order valence-corrected chi connectivity index (χ1v) is 7.02. The number of fused-ring (bicyclic) bond motifs is 1. The van der Waals surface area contributed by atoms with Gasteiger partial charge in [-0.25, -0.2) is 0 Å². The summed E-state index contributed by atoms with van der Waals surface area (Å²) in [7, 11) is 0. The van der Waals surface area contributed by atoms with Crippen LogP contribution in [0.2, 0.25) is 0 Å². The lowest BCUT2D eigenvalue weighted by Gasteiger charge is -2.32. The molecule has 0 saturated heterocycles. The van der Waals surface area contributed by atoms with E-state index in [1.807, 2.05) is 12.1 Å². The van der Waals surface area contributed by atoms with Gasteiger partial charge in [0.25, 0.3) is 0 Å². The summed E-state index contributed by atoms with van der Waals surface area (Å²) in [6.45, 7) is -2.83. The number of para-hydroxylation sites is 1. The quantitative estimate of drug-likeness (QED) is 0.902. The number of nitrogens with two attached hydrogens (primary N) is 1. The zero-order valence-corrected chi connectivity index (χ0v) is 11.5. The molecule has 0 saturated carbocycles. The molecule has 1 aliphatic carbocycles. The van der Waals surface area contributed by atoms with Crippen LogP contribution in [0.25, 0.3) is 0 Å². The molecular weight excluding hydrogens is 272 g/mol. The average molecular weight is 289 g/mol. The topological polar surface area (TPSA) is 35.2 Å². The summed E-state index contributed by atoms with van der Waals surface area (Å²) in [5.41, 5.74) is 9.53. The third-order valence-corrected chi connectivity index (χ3v) is 4.03. The summed E-state index contributed by atoms with van der Waals surface area (Å²) >= 11 is 0. The second kappa shape index (κ2) is 5.82. The third-order valence-electron chi connectivity index (χ3n) is 4.03. The van der Waals surface area contributed by atoms with Crippen molar-refractivity contribution < 1.29 is 13.5 Å². The number of benzene rings is 2. The Morgan fingerprint density at radius 2 is 1.81 bits per heavy atom. The van der Waals surface area contributed by atoms with E-state index in [1.165, 1.54) is 17.2 Å². The van der Waals surface area contributed by atoms with E-state index in [9.17, 15) is 8.78 Å². The molecule has 2 unspecified atom stereocenters. The van der Waals surface area contributed by atoms with Crippen molar-refractivity contribution >= 4 is 0 Å². The van der Waals surface area contributed by atoms with E-state index in [-0.39, 0.29) is 11.8 Å². The lowest BCUT2D eigenvalue weighted by Crippen LogP contribution is -2.23. The van der Waals surface area contributed by atoms with Crippen molar-refractivity contribution in [3.63, 3.8) is 0 Å². The van der Waals surface area contributed by atoms with Gasteiger partial charge in [-0.1, -0.05) is 42.5 Å². The molecule has 2 nitrogen and oxygen atoms in total. The van der Waals surface area contributed by atoms with Gasteiger partial charge in [-0.05, 0) is 36.0 Å². The highest BCUT2D eigenvalue weighted by Gasteiger charge is 2.28. The second-order valence-electron chi connectivity index (χ2n) is 5.36. The van der Waals surface area contributed by atoms with Gasteiger partial charge in [-0.3, -0.25) is 0 Å². The van der Waals surface area contributed by atoms with Crippen LogP contribution in [0, 0.1) is 0 Å². The molecule has 110 valence electrons. The van der Waals surface area contributed by atoms with Gasteiger partial charge in [0.05, 0.1) is 0 Å². The molecule has 21 heavy (non-hydrogen) atoms. The standard InChI is InChI=1S/C17H17F2NO/c18-17(19)21-16-8-4-3-7-14(16)15(20)10-12-9-11-5-1-2-6-13(11)12/h1-8,12,15,17H,9-10,20H2. The highest BCUT2D eigenvalue weighted by molar-refractivity contribution is 5.41. The molecular formula is C17H17F2NO. The minimum Gasteiger partial charge on any atom is -0.434 e. The average Bonchev–Trinajstić information content (AvgIpc) is 2.44. The Bertz CT molecular complexity index is 630. The van der Waals surface area contributed by atoms with E-state index in [0.29, 0.717) is 11.5 Å². The zero-order valence-electron chi connectivity index (χ0n) is 11.5. The molecule has 3 rings (SSSR count). The zero-order chi connectivity index (χ0) is 14.8. The lowest BCUT2D eigenvalue weighted by atomic mass is 9.74. The second-order valence-corrected chi connectivity index (χ2v) is 5.36. The first-order chi connectivity index (χ1) is 10.1. The van der Waals surface area contributed by atoms with Gasteiger partial charge in [0.1, 0.15) is 5.75 Å². The molecule has 0 amide bonds. The number of hydrogen-bond donors (Lipinski definition) is 1. The highest BCUT2D eigenvalue weighted by atomic mass is 19.3. The van der Waals surface area contributed by atoms with E-state index in [2.05, 4.69) is 16.9 Å². The van der Waals surface area contributed by atoms with Crippen molar-refractivity contribution in [3.8, 4) is 5.75 Å². The van der Waals surface area contributed by atoms with Gasteiger partial charge in [-0.2, -0.15) is 8.78 Å². The van der Waals surface area contributed by atoms with Crippen LogP contribution in [0.1, 0.15) is 35.1 Å². The van der Waals surface area contributed by atoms with Gasteiger partial charge < -0.3 is 10.5 Å². The summed E-state index contributed by atoms with van der Waals surface area (Å²) in [4.78, 5) is 0. The van der Waals surface area contributed by atoms with Crippen molar-refractivity contribution in [2.45, 2.75) is 31.4 Å². The van der Waals surface area contributed by atoms with Crippen LogP contribution in [-0.2, 0) is 6.42 Å². The predicted octanol–water partition coefficient (Wildman–Crippen LogP) is 4.02. The molecule has 4 heteroatoms. The fourth-order valence-corrected chi connectivity index (χ4v) is 3.00. The van der Waals surface area contributed by atoms with Crippen LogP contribution < -0.4 is 10.5 Å². The highest BCUT2D eigenvalue weighted by Crippen LogP contribution is 2.41. The molecule has 0 aliphatic heterocycles. The molecule has 0 radical (unpaired) electrons. The molecule has 0 fully saturated rings. The van der Waals surface area contributed by atoms with Crippen molar-refractivity contribution in [1.82, 2.24) is 0 Å². The van der Waals surface area contributed by atoms with Crippen LogP contribution in [0.15, 0.2) is 48.5 Å². The maximum Gasteiger partial charge on any atom is 0.387 e. The van der Waals surface area contributed by atoms with Gasteiger partial charge in [0, 0.05) is 11.6 Å². The fourth-order valence-electron chi connectivity index (χ4n) is 3.00. The molecule has 2 aromatic carbocycles. The van der Waals surface area contributed by atoms with E-state index in [0.717, 1.165) is 12.8 Å². The van der Waals surface area contributed by atoms with E-state index >= 15 is 0 Å². The summed E-state index contributed by atoms with van der Waals surface area (Å²) in [5, 5.41) is 0. The molecule has 2 aromatic rings. The summed E-state index contributed by atoms with van der Waals surface area (Å²) in [6, 6.07) is 14.7. The SMILES string of the molecule is NC(CC1Cc2ccccc21)c1ccccc1OC(F)F. The molecule has 0 aromatic heterocycles. The molecule has 0 bridgehead atoms. The van der Waals surface area contributed by atoms with Gasteiger partial charge in [0.2, 0.25) is 0 Å². The Balaban J connectivity index is 1.73. The first kappa shape index (κ1) is 14.0. The largest absolute Gasteiger partial charge is 0.434 e. The van der Waals surface area contributed by atoms with Crippen LogP contribution in [0.5, 0.6) is 5.75 Å². The number of alkyl halides is 2. The Kier molecular flexibility index (Phi) is 3.88. The van der Waals surface area contributed by atoms with Crippen molar-refractivity contribution in [2.24, 2.45) is 5.73 Å². The minimum atomic E-state index is -2.83. The van der Waals surface area contributed by atoms with E-state index < -0.39 is 6.61 Å². The van der Waals surface area contributed by atoms with Crippen molar-refractivity contribution in [1.29, 1.82) is 0 Å². The van der Waals surface area contributed by atoms with Crippen LogP contribution in [0.4, 0.5) is 8.78 Å². The Morgan fingerprint density at radius 1 is 1.10 bits per heavy atom. The third kappa shape index (κ3) is 2.90.